The van der Waals surface area contributed by atoms with Gasteiger partial charge >= 0.3 is 12.1 Å². The number of carboxylic acids is 1. The summed E-state index contributed by atoms with van der Waals surface area (Å²) in [4.78, 5) is 21.0. The molecule has 88 valence electrons. The number of carbonyl (C=O) groups is 2. The summed E-state index contributed by atoms with van der Waals surface area (Å²) in [5.74, 6) is -2.56. The van der Waals surface area contributed by atoms with Gasteiger partial charge in [0.15, 0.2) is 0 Å². The number of rotatable bonds is 5. The van der Waals surface area contributed by atoms with E-state index in [1.165, 1.54) is 0 Å². The minimum Gasteiger partial charge on any atom is -0.480 e. The second-order valence-electron chi connectivity index (χ2n) is 2.76. The Hall–Kier alpha value is -1.31. The lowest BCUT2D eigenvalue weighted by Crippen LogP contribution is -2.43. The average molecular weight is 229 g/mol. The highest BCUT2D eigenvalue weighted by atomic mass is 19.4. The van der Waals surface area contributed by atoms with Crippen LogP contribution in [0.25, 0.3) is 0 Å². The van der Waals surface area contributed by atoms with Gasteiger partial charge in [-0.05, 0) is 0 Å². The molecule has 0 bridgehead atoms. The van der Waals surface area contributed by atoms with E-state index in [9.17, 15) is 22.8 Å². The lowest BCUT2D eigenvalue weighted by molar-refractivity contribution is -0.147. The van der Waals surface area contributed by atoms with Crippen LogP contribution >= 0.6 is 0 Å². The molecule has 0 radical (unpaired) electrons. The number of halogens is 3. The monoisotopic (exact) mass is 229 g/mol. The third-order valence-corrected chi connectivity index (χ3v) is 1.45. The molecule has 5 nitrogen and oxygen atoms in total. The van der Waals surface area contributed by atoms with Crippen LogP contribution in [0, 0.1) is 0 Å². The quantitative estimate of drug-likeness (QED) is 0.614. The minimum atomic E-state index is -4.46. The van der Waals surface area contributed by atoms with Crippen molar-refractivity contribution in [3.63, 3.8) is 0 Å². The zero-order valence-electron chi connectivity index (χ0n) is 7.54. The largest absolute Gasteiger partial charge is 0.480 e. The SMILES string of the molecule is O=C(CCC(F)(F)F)N[C@H](CO)C(=O)O. The van der Waals surface area contributed by atoms with Crippen molar-refractivity contribution >= 4 is 11.9 Å². The normalized spacial score (nSPS) is 13.3. The van der Waals surface area contributed by atoms with Crippen LogP contribution in [-0.2, 0) is 9.59 Å². The number of aliphatic carboxylic acids is 1. The zero-order chi connectivity index (χ0) is 12.1. The second kappa shape index (κ2) is 5.54. The molecule has 0 aliphatic rings. The van der Waals surface area contributed by atoms with Crippen LogP contribution in [0.3, 0.4) is 0 Å². The topological polar surface area (TPSA) is 86.6 Å². The Bertz CT molecular complexity index is 241. The molecule has 8 heteroatoms. The molecule has 0 unspecified atom stereocenters. The van der Waals surface area contributed by atoms with Gasteiger partial charge in [0.25, 0.3) is 0 Å². The van der Waals surface area contributed by atoms with Crippen LogP contribution in [0.5, 0.6) is 0 Å². The van der Waals surface area contributed by atoms with Gasteiger partial charge in [-0.25, -0.2) is 4.79 Å². The number of alkyl halides is 3. The summed E-state index contributed by atoms with van der Waals surface area (Å²) in [7, 11) is 0. The Kier molecular flexibility index (Phi) is 5.06. The van der Waals surface area contributed by atoms with Crippen molar-refractivity contribution in [3.8, 4) is 0 Å². The summed E-state index contributed by atoms with van der Waals surface area (Å²) in [5, 5.41) is 18.6. The number of hydrogen-bond donors (Lipinski definition) is 3. The molecule has 0 aliphatic heterocycles. The van der Waals surface area contributed by atoms with E-state index in [4.69, 9.17) is 10.2 Å². The fourth-order valence-electron chi connectivity index (χ4n) is 0.707. The Labute approximate surface area is 82.9 Å². The Morgan fingerprint density at radius 3 is 2.20 bits per heavy atom. The van der Waals surface area contributed by atoms with Crippen molar-refractivity contribution in [2.24, 2.45) is 0 Å². The highest BCUT2D eigenvalue weighted by Gasteiger charge is 2.28. The molecule has 0 aromatic heterocycles. The first-order valence-corrected chi connectivity index (χ1v) is 3.96. The van der Waals surface area contributed by atoms with E-state index in [-0.39, 0.29) is 0 Å². The van der Waals surface area contributed by atoms with Crippen molar-refractivity contribution < 1.29 is 33.0 Å². The van der Waals surface area contributed by atoms with Crippen LogP contribution in [-0.4, -0.2) is 40.9 Å². The lowest BCUT2D eigenvalue weighted by Gasteiger charge is -2.12. The molecule has 0 rings (SSSR count). The lowest BCUT2D eigenvalue weighted by atomic mass is 10.2. The van der Waals surface area contributed by atoms with Gasteiger partial charge in [-0.2, -0.15) is 13.2 Å². The van der Waals surface area contributed by atoms with E-state index < -0.39 is 43.5 Å². The van der Waals surface area contributed by atoms with E-state index in [1.54, 1.807) is 5.32 Å². The molecule has 0 aliphatic carbocycles. The standard InChI is InChI=1S/C7H10F3NO4/c8-7(9,10)2-1-5(13)11-4(3-12)6(14)15/h4,12H,1-3H2,(H,11,13)(H,14,15)/t4-/m1/s1. The third-order valence-electron chi connectivity index (χ3n) is 1.45. The van der Waals surface area contributed by atoms with Crippen molar-refractivity contribution in [2.75, 3.05) is 6.61 Å². The Balaban J connectivity index is 3.98. The van der Waals surface area contributed by atoms with Crippen LogP contribution < -0.4 is 5.32 Å². The molecule has 0 aromatic carbocycles. The first-order valence-electron chi connectivity index (χ1n) is 3.96. The van der Waals surface area contributed by atoms with Gasteiger partial charge < -0.3 is 15.5 Å². The van der Waals surface area contributed by atoms with Gasteiger partial charge in [0.05, 0.1) is 13.0 Å². The van der Waals surface area contributed by atoms with Crippen LogP contribution in [0.1, 0.15) is 12.8 Å². The smallest absolute Gasteiger partial charge is 0.389 e. The average Bonchev–Trinajstić information content (AvgIpc) is 2.09. The van der Waals surface area contributed by atoms with Gasteiger partial charge in [-0.3, -0.25) is 4.79 Å². The number of carboxylic acid groups (broad SMARTS) is 1. The molecule has 3 N–H and O–H groups in total. The van der Waals surface area contributed by atoms with Gasteiger partial charge in [0.2, 0.25) is 5.91 Å². The molecule has 0 spiro atoms. The molecule has 1 atom stereocenters. The van der Waals surface area contributed by atoms with Gasteiger partial charge in [0, 0.05) is 6.42 Å². The maximum Gasteiger partial charge on any atom is 0.389 e. The minimum absolute atomic E-state index is 0.854. The molecular weight excluding hydrogens is 219 g/mol. The molecule has 0 heterocycles. The van der Waals surface area contributed by atoms with Crippen molar-refractivity contribution in [1.29, 1.82) is 0 Å². The maximum atomic E-state index is 11.6. The number of carbonyl (C=O) groups excluding carboxylic acids is 1. The summed E-state index contributed by atoms with van der Waals surface area (Å²) < 4.78 is 34.9. The molecule has 0 fully saturated rings. The summed E-state index contributed by atoms with van der Waals surface area (Å²) in [5.41, 5.74) is 0. The highest BCUT2D eigenvalue weighted by molar-refractivity contribution is 5.83. The Morgan fingerprint density at radius 1 is 1.33 bits per heavy atom. The van der Waals surface area contributed by atoms with E-state index in [1.807, 2.05) is 0 Å². The number of amides is 1. The predicted octanol–water partition coefficient (Wildman–Crippen LogP) is -0.109. The summed E-state index contributed by atoms with van der Waals surface area (Å²) in [6.45, 7) is -0.868. The highest BCUT2D eigenvalue weighted by Crippen LogP contribution is 2.20. The third kappa shape index (κ3) is 6.72. The molecular formula is C7H10F3NO4. The molecule has 0 saturated carbocycles. The van der Waals surface area contributed by atoms with Gasteiger partial charge in [0.1, 0.15) is 6.04 Å². The zero-order valence-corrected chi connectivity index (χ0v) is 7.54. The number of aliphatic hydroxyl groups excluding tert-OH is 1. The van der Waals surface area contributed by atoms with E-state index in [0.29, 0.717) is 0 Å². The first-order chi connectivity index (χ1) is 6.76. The van der Waals surface area contributed by atoms with Gasteiger partial charge in [-0.1, -0.05) is 0 Å². The summed E-state index contributed by atoms with van der Waals surface area (Å²) in [6, 6.07) is -1.56. The van der Waals surface area contributed by atoms with Crippen LogP contribution in [0.15, 0.2) is 0 Å². The van der Waals surface area contributed by atoms with Crippen molar-refractivity contribution in [3.05, 3.63) is 0 Å². The van der Waals surface area contributed by atoms with E-state index in [0.717, 1.165) is 0 Å². The number of aliphatic hydroxyl groups is 1. The Morgan fingerprint density at radius 2 is 1.87 bits per heavy atom. The predicted molar refractivity (Wildman–Crippen MR) is 41.9 cm³/mol. The molecule has 15 heavy (non-hydrogen) atoms. The van der Waals surface area contributed by atoms with E-state index >= 15 is 0 Å². The van der Waals surface area contributed by atoms with Gasteiger partial charge in [-0.15, -0.1) is 0 Å². The fraction of sp³-hybridized carbons (Fsp3) is 0.714. The van der Waals surface area contributed by atoms with Crippen molar-refractivity contribution in [2.45, 2.75) is 25.1 Å². The first kappa shape index (κ1) is 13.7. The fourth-order valence-corrected chi connectivity index (χ4v) is 0.707. The van der Waals surface area contributed by atoms with Crippen molar-refractivity contribution in [1.82, 2.24) is 5.32 Å². The maximum absolute atomic E-state index is 11.6. The number of hydrogen-bond acceptors (Lipinski definition) is 3. The number of nitrogens with one attached hydrogen (secondary N) is 1. The summed E-state index contributed by atoms with van der Waals surface area (Å²) in [6.07, 6.45) is -6.64. The summed E-state index contributed by atoms with van der Waals surface area (Å²) >= 11 is 0. The molecule has 1 amide bonds. The van der Waals surface area contributed by atoms with E-state index in [2.05, 4.69) is 0 Å². The van der Waals surface area contributed by atoms with Crippen LogP contribution in [0.4, 0.5) is 13.2 Å². The second-order valence-corrected chi connectivity index (χ2v) is 2.76. The van der Waals surface area contributed by atoms with Crippen LogP contribution in [0.2, 0.25) is 0 Å². The molecule has 0 saturated heterocycles. The molecule has 0 aromatic rings.